The van der Waals surface area contributed by atoms with Crippen LogP contribution in [-0.2, 0) is 17.6 Å². The highest BCUT2D eigenvalue weighted by molar-refractivity contribution is 5.79. The van der Waals surface area contributed by atoms with Crippen LogP contribution in [0.15, 0.2) is 36.4 Å². The van der Waals surface area contributed by atoms with E-state index < -0.39 is 0 Å². The van der Waals surface area contributed by atoms with E-state index in [0.29, 0.717) is 18.3 Å². The molecule has 3 rings (SSSR count). The molecule has 0 atom stereocenters. The van der Waals surface area contributed by atoms with Crippen molar-refractivity contribution < 1.29 is 4.79 Å². The van der Waals surface area contributed by atoms with E-state index >= 15 is 0 Å². The molecule has 4 heteroatoms. The van der Waals surface area contributed by atoms with Gasteiger partial charge in [0.2, 0.25) is 5.91 Å². The third-order valence-electron chi connectivity index (χ3n) is 4.66. The van der Waals surface area contributed by atoms with Crippen molar-refractivity contribution in [1.29, 1.82) is 0 Å². The summed E-state index contributed by atoms with van der Waals surface area (Å²) < 4.78 is 0. The van der Waals surface area contributed by atoms with Crippen molar-refractivity contribution >= 4 is 5.91 Å². The summed E-state index contributed by atoms with van der Waals surface area (Å²) in [5.41, 5.74) is 4.36. The monoisotopic (exact) mass is 323 g/mol. The topological polar surface area (TPSA) is 46.1 Å². The highest BCUT2D eigenvalue weighted by atomic mass is 16.2. The molecule has 2 aromatic rings. The van der Waals surface area contributed by atoms with Crippen molar-refractivity contribution in [3.8, 4) is 0 Å². The number of rotatable bonds is 5. The zero-order valence-electron chi connectivity index (χ0n) is 14.7. The highest BCUT2D eigenvalue weighted by Crippen LogP contribution is 2.21. The van der Waals surface area contributed by atoms with Gasteiger partial charge in [0, 0.05) is 13.1 Å². The Balaban J connectivity index is 1.47. The zero-order valence-corrected chi connectivity index (χ0v) is 14.7. The lowest BCUT2D eigenvalue weighted by molar-refractivity contribution is -0.136. The van der Waals surface area contributed by atoms with Crippen molar-refractivity contribution in [2.75, 3.05) is 13.1 Å². The van der Waals surface area contributed by atoms with E-state index in [9.17, 15) is 4.79 Å². The second kappa shape index (κ2) is 7.12. The number of likely N-dealkylation sites (tertiary alicyclic amines) is 1. The number of hydrogen-bond acceptors (Lipinski definition) is 3. The van der Waals surface area contributed by atoms with Gasteiger partial charge >= 0.3 is 0 Å². The van der Waals surface area contributed by atoms with E-state index in [2.05, 4.69) is 48.3 Å². The third kappa shape index (κ3) is 3.99. The van der Waals surface area contributed by atoms with Crippen LogP contribution in [0, 0.1) is 12.8 Å². The molecule has 1 aliphatic heterocycles. The van der Waals surface area contributed by atoms with Crippen LogP contribution in [0.1, 0.15) is 42.3 Å². The van der Waals surface area contributed by atoms with E-state index in [0.717, 1.165) is 36.5 Å². The molecule has 1 amide bonds. The largest absolute Gasteiger partial charge is 0.342 e. The lowest BCUT2D eigenvalue weighted by Crippen LogP contribution is -2.51. The van der Waals surface area contributed by atoms with Crippen molar-refractivity contribution in [3.63, 3.8) is 0 Å². The van der Waals surface area contributed by atoms with E-state index in [-0.39, 0.29) is 5.91 Å². The molecule has 0 N–H and O–H groups in total. The van der Waals surface area contributed by atoms with Crippen LogP contribution in [0.5, 0.6) is 0 Å². The van der Waals surface area contributed by atoms with Gasteiger partial charge < -0.3 is 4.90 Å². The molecule has 0 saturated carbocycles. The number of hydrogen-bond donors (Lipinski definition) is 0. The number of amides is 1. The minimum Gasteiger partial charge on any atom is -0.342 e. The predicted molar refractivity (Wildman–Crippen MR) is 94.8 cm³/mol. The van der Waals surface area contributed by atoms with Crippen molar-refractivity contribution in [3.05, 3.63) is 58.9 Å². The van der Waals surface area contributed by atoms with Crippen LogP contribution in [0.25, 0.3) is 0 Å². The first-order valence-corrected chi connectivity index (χ1v) is 8.67. The number of nitrogens with zero attached hydrogens (tertiary/aromatic N) is 3. The van der Waals surface area contributed by atoms with Gasteiger partial charge in [0.1, 0.15) is 0 Å². The Morgan fingerprint density at radius 2 is 1.83 bits per heavy atom. The molecular weight excluding hydrogens is 298 g/mol. The fraction of sp³-hybridized carbons (Fsp3) is 0.450. The van der Waals surface area contributed by atoms with Gasteiger partial charge in [-0.3, -0.25) is 4.79 Å². The summed E-state index contributed by atoms with van der Waals surface area (Å²) >= 11 is 0. The second-order valence-electron chi connectivity index (χ2n) is 7.11. The molecule has 1 saturated heterocycles. The van der Waals surface area contributed by atoms with Gasteiger partial charge in [-0.25, -0.2) is 0 Å². The van der Waals surface area contributed by atoms with Crippen molar-refractivity contribution in [2.45, 2.75) is 39.5 Å². The maximum absolute atomic E-state index is 12.4. The molecule has 0 bridgehead atoms. The minimum atomic E-state index is 0.221. The van der Waals surface area contributed by atoms with Gasteiger partial charge in [-0.2, -0.15) is 10.2 Å². The standard InChI is InChI=1S/C20H25N3O/c1-14(2)18-7-5-16(6-8-18)11-20(24)23-12-17(13-23)10-19-9-4-15(3)21-22-19/h4-9,14,17H,10-13H2,1-3H3. The van der Waals surface area contributed by atoms with E-state index in [1.807, 2.05) is 24.0 Å². The maximum atomic E-state index is 12.4. The molecule has 2 heterocycles. The molecular formula is C20H25N3O. The number of carbonyl (C=O) groups excluding carboxylic acids is 1. The van der Waals surface area contributed by atoms with Crippen LogP contribution >= 0.6 is 0 Å². The molecule has 1 aliphatic rings. The van der Waals surface area contributed by atoms with Crippen LogP contribution in [-0.4, -0.2) is 34.1 Å². The number of benzene rings is 1. The number of aryl methyl sites for hydroxylation is 1. The Labute approximate surface area is 143 Å². The summed E-state index contributed by atoms with van der Waals surface area (Å²) in [5.74, 6) is 1.25. The summed E-state index contributed by atoms with van der Waals surface area (Å²) in [6, 6.07) is 12.4. The highest BCUT2D eigenvalue weighted by Gasteiger charge is 2.30. The third-order valence-corrected chi connectivity index (χ3v) is 4.66. The van der Waals surface area contributed by atoms with E-state index in [4.69, 9.17) is 0 Å². The zero-order chi connectivity index (χ0) is 17.1. The maximum Gasteiger partial charge on any atom is 0.227 e. The first kappa shape index (κ1) is 16.6. The molecule has 1 aromatic heterocycles. The van der Waals surface area contributed by atoms with Gasteiger partial charge in [0.25, 0.3) is 0 Å². The Hall–Kier alpha value is -2.23. The Bertz CT molecular complexity index is 686. The Morgan fingerprint density at radius 1 is 1.12 bits per heavy atom. The second-order valence-corrected chi connectivity index (χ2v) is 7.11. The summed E-state index contributed by atoms with van der Waals surface area (Å²) in [5, 5.41) is 8.30. The van der Waals surface area contributed by atoms with Crippen molar-refractivity contribution in [2.24, 2.45) is 5.92 Å². The molecule has 0 aliphatic carbocycles. The summed E-state index contributed by atoms with van der Waals surface area (Å²) in [4.78, 5) is 14.3. The Kier molecular flexibility index (Phi) is 4.93. The van der Waals surface area contributed by atoms with Crippen LogP contribution in [0.2, 0.25) is 0 Å². The summed E-state index contributed by atoms with van der Waals surface area (Å²) in [6.45, 7) is 7.96. The van der Waals surface area contributed by atoms with Gasteiger partial charge in [0.15, 0.2) is 0 Å². The number of carbonyl (C=O) groups is 1. The fourth-order valence-corrected chi connectivity index (χ4v) is 3.04. The van der Waals surface area contributed by atoms with Crippen molar-refractivity contribution in [1.82, 2.24) is 15.1 Å². The first-order valence-electron chi connectivity index (χ1n) is 8.67. The lowest BCUT2D eigenvalue weighted by Gasteiger charge is -2.39. The number of aromatic nitrogens is 2. The fourth-order valence-electron chi connectivity index (χ4n) is 3.04. The molecule has 1 fully saturated rings. The molecule has 0 unspecified atom stereocenters. The summed E-state index contributed by atoms with van der Waals surface area (Å²) in [6.07, 6.45) is 1.40. The van der Waals surface area contributed by atoms with Crippen LogP contribution in [0.3, 0.4) is 0 Å². The van der Waals surface area contributed by atoms with Gasteiger partial charge in [-0.1, -0.05) is 38.1 Å². The average molecular weight is 323 g/mol. The SMILES string of the molecule is Cc1ccc(CC2CN(C(=O)Cc3ccc(C(C)C)cc3)C2)nn1. The van der Waals surface area contributed by atoms with E-state index in [1.165, 1.54) is 5.56 Å². The Morgan fingerprint density at radius 3 is 2.42 bits per heavy atom. The molecule has 0 radical (unpaired) electrons. The minimum absolute atomic E-state index is 0.221. The molecule has 1 aromatic carbocycles. The molecule has 4 nitrogen and oxygen atoms in total. The van der Waals surface area contributed by atoms with Gasteiger partial charge in [-0.15, -0.1) is 0 Å². The normalized spacial score (nSPS) is 14.8. The predicted octanol–water partition coefficient (Wildman–Crippen LogP) is 3.15. The van der Waals surface area contributed by atoms with Crippen LogP contribution < -0.4 is 0 Å². The molecule has 126 valence electrons. The first-order chi connectivity index (χ1) is 11.5. The quantitative estimate of drug-likeness (QED) is 0.849. The smallest absolute Gasteiger partial charge is 0.227 e. The van der Waals surface area contributed by atoms with Crippen LogP contribution in [0.4, 0.5) is 0 Å². The molecule has 0 spiro atoms. The van der Waals surface area contributed by atoms with Gasteiger partial charge in [0.05, 0.1) is 17.8 Å². The summed E-state index contributed by atoms with van der Waals surface area (Å²) in [7, 11) is 0. The van der Waals surface area contributed by atoms with Gasteiger partial charge in [-0.05, 0) is 48.4 Å². The lowest BCUT2D eigenvalue weighted by atomic mass is 9.93. The molecule has 24 heavy (non-hydrogen) atoms. The average Bonchev–Trinajstić information content (AvgIpc) is 2.52. The van der Waals surface area contributed by atoms with E-state index in [1.54, 1.807) is 0 Å².